The number of hydrogen-bond donors (Lipinski definition) is 2. The van der Waals surface area contributed by atoms with Gasteiger partial charge in [-0.05, 0) is 6.92 Å². The van der Waals surface area contributed by atoms with E-state index in [2.05, 4.69) is 25.4 Å². The molecule has 80 valence electrons. The zero-order valence-electron chi connectivity index (χ0n) is 8.86. The monoisotopic (exact) mass is 206 g/mol. The molecule has 6 heteroatoms. The minimum absolute atomic E-state index is 0.775. The topological polar surface area (TPSA) is 71.4 Å². The first kappa shape index (κ1) is 9.70. The van der Waals surface area contributed by atoms with Crippen molar-refractivity contribution in [2.24, 2.45) is 7.05 Å². The zero-order valence-corrected chi connectivity index (χ0v) is 8.86. The third-order valence-corrected chi connectivity index (χ3v) is 1.99. The maximum absolute atomic E-state index is 4.18. The highest BCUT2D eigenvalue weighted by atomic mass is 15.3. The summed E-state index contributed by atoms with van der Waals surface area (Å²) < 4.78 is 1.70. The van der Waals surface area contributed by atoms with E-state index in [1.165, 1.54) is 0 Å². The highest BCUT2D eigenvalue weighted by Gasteiger charge is 1.99. The summed E-state index contributed by atoms with van der Waals surface area (Å²) >= 11 is 0. The second kappa shape index (κ2) is 4.12. The Labute approximate surface area is 87.8 Å². The van der Waals surface area contributed by atoms with Crippen molar-refractivity contribution >= 4 is 5.95 Å². The van der Waals surface area contributed by atoms with Gasteiger partial charge in [0.1, 0.15) is 6.33 Å². The Morgan fingerprint density at radius 1 is 1.47 bits per heavy atom. The lowest BCUT2D eigenvalue weighted by atomic mass is 10.4. The average molecular weight is 206 g/mol. The highest BCUT2D eigenvalue weighted by Crippen LogP contribution is 2.00. The van der Waals surface area contributed by atoms with Gasteiger partial charge in [0.25, 0.3) is 0 Å². The SMILES string of the molecule is Cc1cnc(NCCc2ncn(C)n2)[nH]1. The van der Waals surface area contributed by atoms with Gasteiger partial charge in [-0.2, -0.15) is 5.10 Å². The van der Waals surface area contributed by atoms with Gasteiger partial charge >= 0.3 is 0 Å². The predicted octanol–water partition coefficient (Wildman–Crippen LogP) is 0.501. The molecule has 0 amide bonds. The van der Waals surface area contributed by atoms with Crippen LogP contribution in [-0.4, -0.2) is 31.3 Å². The van der Waals surface area contributed by atoms with Crippen LogP contribution in [0.15, 0.2) is 12.5 Å². The first-order valence-electron chi connectivity index (χ1n) is 4.84. The van der Waals surface area contributed by atoms with Crippen molar-refractivity contribution in [3.8, 4) is 0 Å². The fourth-order valence-corrected chi connectivity index (χ4v) is 1.29. The van der Waals surface area contributed by atoms with Crippen LogP contribution in [0, 0.1) is 6.92 Å². The summed E-state index contributed by atoms with van der Waals surface area (Å²) in [5.41, 5.74) is 1.05. The molecule has 0 radical (unpaired) electrons. The molecule has 0 bridgehead atoms. The summed E-state index contributed by atoms with van der Waals surface area (Å²) in [5.74, 6) is 1.64. The van der Waals surface area contributed by atoms with Crippen LogP contribution < -0.4 is 5.32 Å². The lowest BCUT2D eigenvalue weighted by Gasteiger charge is -1.99. The van der Waals surface area contributed by atoms with Gasteiger partial charge < -0.3 is 10.3 Å². The molecule has 0 fully saturated rings. The maximum Gasteiger partial charge on any atom is 0.200 e. The van der Waals surface area contributed by atoms with Crippen LogP contribution >= 0.6 is 0 Å². The number of hydrogen-bond acceptors (Lipinski definition) is 4. The number of anilines is 1. The Morgan fingerprint density at radius 3 is 2.93 bits per heavy atom. The fraction of sp³-hybridized carbons (Fsp3) is 0.444. The molecule has 0 atom stereocenters. The van der Waals surface area contributed by atoms with Crippen LogP contribution in [0.25, 0.3) is 0 Å². The molecule has 0 aliphatic carbocycles. The molecule has 2 N–H and O–H groups in total. The first-order valence-corrected chi connectivity index (χ1v) is 4.84. The predicted molar refractivity (Wildman–Crippen MR) is 56.5 cm³/mol. The van der Waals surface area contributed by atoms with E-state index in [-0.39, 0.29) is 0 Å². The Morgan fingerprint density at radius 2 is 2.33 bits per heavy atom. The second-order valence-corrected chi connectivity index (χ2v) is 3.43. The summed E-state index contributed by atoms with van der Waals surface area (Å²) in [6, 6.07) is 0. The van der Waals surface area contributed by atoms with Crippen molar-refractivity contribution in [2.45, 2.75) is 13.3 Å². The van der Waals surface area contributed by atoms with Gasteiger partial charge in [-0.15, -0.1) is 0 Å². The largest absolute Gasteiger partial charge is 0.355 e. The molecule has 0 aliphatic rings. The fourth-order valence-electron chi connectivity index (χ4n) is 1.29. The molecule has 0 aliphatic heterocycles. The van der Waals surface area contributed by atoms with Crippen LogP contribution in [0.5, 0.6) is 0 Å². The number of aromatic amines is 1. The smallest absolute Gasteiger partial charge is 0.200 e. The first-order chi connectivity index (χ1) is 7.24. The van der Waals surface area contributed by atoms with E-state index in [1.807, 2.05) is 14.0 Å². The second-order valence-electron chi connectivity index (χ2n) is 3.43. The van der Waals surface area contributed by atoms with Crippen LogP contribution in [0.2, 0.25) is 0 Å². The highest BCUT2D eigenvalue weighted by molar-refractivity contribution is 5.25. The number of H-pyrrole nitrogens is 1. The van der Waals surface area contributed by atoms with Gasteiger partial charge in [0.05, 0.1) is 0 Å². The Balaban J connectivity index is 1.80. The summed E-state index contributed by atoms with van der Waals surface area (Å²) in [4.78, 5) is 11.4. The van der Waals surface area contributed by atoms with Crippen LogP contribution in [-0.2, 0) is 13.5 Å². The summed E-state index contributed by atoms with van der Waals surface area (Å²) in [6.45, 7) is 2.75. The number of aryl methyl sites for hydroxylation is 2. The van der Waals surface area contributed by atoms with Crippen molar-refractivity contribution in [3.63, 3.8) is 0 Å². The lowest BCUT2D eigenvalue weighted by molar-refractivity contribution is 0.741. The Kier molecular flexibility index (Phi) is 2.66. The van der Waals surface area contributed by atoms with Crippen molar-refractivity contribution < 1.29 is 0 Å². The van der Waals surface area contributed by atoms with Crippen molar-refractivity contribution in [1.29, 1.82) is 0 Å². The van der Waals surface area contributed by atoms with E-state index >= 15 is 0 Å². The molecule has 2 rings (SSSR count). The standard InChI is InChI=1S/C9H14N6/c1-7-5-11-9(13-7)10-4-3-8-12-6-15(2)14-8/h5-6H,3-4H2,1-2H3,(H2,10,11,13). The van der Waals surface area contributed by atoms with Gasteiger partial charge in [0, 0.05) is 31.9 Å². The van der Waals surface area contributed by atoms with Gasteiger partial charge in [-0.3, -0.25) is 4.68 Å². The molecular formula is C9H14N6. The van der Waals surface area contributed by atoms with Crippen molar-refractivity contribution in [1.82, 2.24) is 24.7 Å². The van der Waals surface area contributed by atoms with Gasteiger partial charge in [-0.1, -0.05) is 0 Å². The maximum atomic E-state index is 4.18. The molecule has 2 heterocycles. The Bertz CT molecular complexity index is 389. The van der Waals surface area contributed by atoms with E-state index < -0.39 is 0 Å². The molecule has 2 aromatic heterocycles. The third-order valence-electron chi connectivity index (χ3n) is 1.99. The van der Waals surface area contributed by atoms with Gasteiger partial charge in [-0.25, -0.2) is 9.97 Å². The molecule has 15 heavy (non-hydrogen) atoms. The third kappa shape index (κ3) is 2.55. The molecule has 0 saturated heterocycles. The van der Waals surface area contributed by atoms with E-state index in [0.717, 1.165) is 30.4 Å². The van der Waals surface area contributed by atoms with Crippen LogP contribution in [0.4, 0.5) is 5.95 Å². The molecule has 0 unspecified atom stereocenters. The molecule has 0 aromatic carbocycles. The van der Waals surface area contributed by atoms with E-state index in [4.69, 9.17) is 0 Å². The summed E-state index contributed by atoms with van der Waals surface area (Å²) in [7, 11) is 1.86. The minimum Gasteiger partial charge on any atom is -0.355 e. The number of imidazole rings is 1. The molecule has 0 spiro atoms. The molecular weight excluding hydrogens is 192 g/mol. The molecule has 0 saturated carbocycles. The van der Waals surface area contributed by atoms with Gasteiger partial charge in [0.2, 0.25) is 0 Å². The number of nitrogens with zero attached hydrogens (tertiary/aromatic N) is 4. The van der Waals surface area contributed by atoms with E-state index in [9.17, 15) is 0 Å². The van der Waals surface area contributed by atoms with Crippen molar-refractivity contribution in [2.75, 3.05) is 11.9 Å². The summed E-state index contributed by atoms with van der Waals surface area (Å²) in [5, 5.41) is 7.35. The normalized spacial score (nSPS) is 10.5. The van der Waals surface area contributed by atoms with Crippen LogP contribution in [0.3, 0.4) is 0 Å². The minimum atomic E-state index is 0.775. The van der Waals surface area contributed by atoms with Crippen LogP contribution in [0.1, 0.15) is 11.5 Å². The summed E-state index contributed by atoms with van der Waals surface area (Å²) in [6.07, 6.45) is 4.29. The average Bonchev–Trinajstić information content (AvgIpc) is 2.76. The van der Waals surface area contributed by atoms with E-state index in [1.54, 1.807) is 17.2 Å². The van der Waals surface area contributed by atoms with Crippen molar-refractivity contribution in [3.05, 3.63) is 24.0 Å². The number of rotatable bonds is 4. The zero-order chi connectivity index (χ0) is 10.7. The Hall–Kier alpha value is -1.85. The quantitative estimate of drug-likeness (QED) is 0.764. The number of nitrogens with one attached hydrogen (secondary N) is 2. The number of aromatic nitrogens is 5. The van der Waals surface area contributed by atoms with E-state index in [0.29, 0.717) is 0 Å². The molecule has 2 aromatic rings. The molecule has 6 nitrogen and oxygen atoms in total. The van der Waals surface area contributed by atoms with Gasteiger partial charge in [0.15, 0.2) is 11.8 Å². The lowest BCUT2D eigenvalue weighted by Crippen LogP contribution is -2.07.